The van der Waals surface area contributed by atoms with Gasteiger partial charge in [0.1, 0.15) is 0 Å². The molecule has 0 spiro atoms. The Bertz CT molecular complexity index is 653. The number of carbonyl (C=O) groups excluding carboxylic acids is 1. The lowest BCUT2D eigenvalue weighted by Gasteiger charge is -2.21. The van der Waals surface area contributed by atoms with Gasteiger partial charge in [0, 0.05) is 33.0 Å². The zero-order valence-electron chi connectivity index (χ0n) is 12.7. The maximum absolute atomic E-state index is 12.4. The Labute approximate surface area is 123 Å². The molecule has 0 saturated carbocycles. The molecule has 1 amide bonds. The van der Waals surface area contributed by atoms with E-state index in [2.05, 4.69) is 10.1 Å². The average molecular weight is 292 g/mol. The number of likely N-dealkylation sites (N-methyl/N-ethyl adjacent to an activating group) is 1. The predicted molar refractivity (Wildman–Crippen MR) is 77.3 cm³/mol. The van der Waals surface area contributed by atoms with Crippen molar-refractivity contribution in [1.29, 1.82) is 0 Å². The number of nitrogens with zero attached hydrogens (tertiary/aromatic N) is 4. The fraction of sp³-hybridized carbons (Fsp3) is 0.500. The van der Waals surface area contributed by atoms with Gasteiger partial charge in [-0.25, -0.2) is 9.50 Å². The van der Waals surface area contributed by atoms with E-state index < -0.39 is 6.10 Å². The van der Waals surface area contributed by atoms with Gasteiger partial charge in [0.25, 0.3) is 5.91 Å². The monoisotopic (exact) mass is 292 g/mol. The molecular formula is C14H20N4O3. The third-order valence-corrected chi connectivity index (χ3v) is 3.27. The van der Waals surface area contributed by atoms with Crippen molar-refractivity contribution in [2.45, 2.75) is 20.0 Å². The van der Waals surface area contributed by atoms with E-state index in [1.54, 1.807) is 17.8 Å². The number of aliphatic hydroxyl groups is 1. The molecule has 21 heavy (non-hydrogen) atoms. The van der Waals surface area contributed by atoms with Crippen molar-refractivity contribution in [3.63, 3.8) is 0 Å². The van der Waals surface area contributed by atoms with E-state index >= 15 is 0 Å². The number of carbonyl (C=O) groups is 1. The van der Waals surface area contributed by atoms with E-state index in [0.29, 0.717) is 11.2 Å². The lowest BCUT2D eigenvalue weighted by molar-refractivity contribution is 0.0379. The van der Waals surface area contributed by atoms with Crippen molar-refractivity contribution >= 4 is 11.6 Å². The standard InChI is InChI=1S/C14H20N4O3/c1-9-5-13-15-6-12(10(2)18(13)16-9)14(20)17(3)7-11(19)8-21-4/h5-6,11,19H,7-8H2,1-4H3. The summed E-state index contributed by atoms with van der Waals surface area (Å²) in [6.45, 7) is 4.09. The van der Waals surface area contributed by atoms with Gasteiger partial charge in [-0.05, 0) is 13.8 Å². The summed E-state index contributed by atoms with van der Waals surface area (Å²) in [5.74, 6) is -0.204. The Hall–Kier alpha value is -1.99. The quantitative estimate of drug-likeness (QED) is 0.864. The minimum absolute atomic E-state index is 0.187. The molecule has 1 unspecified atom stereocenters. The molecule has 1 atom stereocenters. The molecule has 2 heterocycles. The maximum atomic E-state index is 12.4. The molecule has 2 rings (SSSR count). The van der Waals surface area contributed by atoms with Crippen LogP contribution in [-0.4, -0.2) is 63.9 Å². The SMILES string of the molecule is COCC(O)CN(C)C(=O)c1cnc2cc(C)nn2c1C. The third-order valence-electron chi connectivity index (χ3n) is 3.27. The zero-order chi connectivity index (χ0) is 15.6. The number of hydrogen-bond donors (Lipinski definition) is 1. The average Bonchev–Trinajstić information content (AvgIpc) is 2.80. The van der Waals surface area contributed by atoms with Gasteiger partial charge in [-0.1, -0.05) is 0 Å². The number of fused-ring (bicyclic) bond motifs is 1. The van der Waals surface area contributed by atoms with Crippen molar-refractivity contribution in [2.75, 3.05) is 27.3 Å². The summed E-state index contributed by atoms with van der Waals surface area (Å²) in [5, 5.41) is 14.0. The first-order valence-corrected chi connectivity index (χ1v) is 6.68. The van der Waals surface area contributed by atoms with Gasteiger partial charge < -0.3 is 14.7 Å². The van der Waals surface area contributed by atoms with Crippen LogP contribution in [0.15, 0.2) is 12.3 Å². The molecule has 7 heteroatoms. The van der Waals surface area contributed by atoms with Gasteiger partial charge in [-0.3, -0.25) is 4.79 Å². The van der Waals surface area contributed by atoms with E-state index in [-0.39, 0.29) is 19.1 Å². The van der Waals surface area contributed by atoms with Crippen LogP contribution in [0.3, 0.4) is 0 Å². The number of aryl methyl sites for hydroxylation is 2. The van der Waals surface area contributed by atoms with Crippen LogP contribution in [0.2, 0.25) is 0 Å². The lowest BCUT2D eigenvalue weighted by atomic mass is 10.2. The molecule has 114 valence electrons. The largest absolute Gasteiger partial charge is 0.389 e. The molecule has 1 N–H and O–H groups in total. The highest BCUT2D eigenvalue weighted by molar-refractivity contribution is 5.95. The smallest absolute Gasteiger partial charge is 0.257 e. The van der Waals surface area contributed by atoms with Crippen LogP contribution in [0.5, 0.6) is 0 Å². The molecule has 2 aromatic rings. The first-order chi connectivity index (χ1) is 9.93. The van der Waals surface area contributed by atoms with Crippen LogP contribution in [0.4, 0.5) is 0 Å². The van der Waals surface area contributed by atoms with E-state index in [0.717, 1.165) is 11.4 Å². The van der Waals surface area contributed by atoms with Gasteiger partial charge in [0.05, 0.1) is 29.7 Å². The van der Waals surface area contributed by atoms with Crippen molar-refractivity contribution < 1.29 is 14.6 Å². The molecule has 0 aliphatic heterocycles. The number of methoxy groups -OCH3 is 1. The summed E-state index contributed by atoms with van der Waals surface area (Å²) in [6.07, 6.45) is 0.834. The molecule has 0 aromatic carbocycles. The summed E-state index contributed by atoms with van der Waals surface area (Å²) >= 11 is 0. The number of aliphatic hydroxyl groups excluding tert-OH is 1. The first kappa shape index (κ1) is 15.4. The molecule has 0 radical (unpaired) electrons. The molecule has 0 saturated heterocycles. The lowest BCUT2D eigenvalue weighted by Crippen LogP contribution is -2.36. The fourth-order valence-electron chi connectivity index (χ4n) is 2.22. The van der Waals surface area contributed by atoms with Crippen molar-refractivity contribution in [1.82, 2.24) is 19.5 Å². The summed E-state index contributed by atoms with van der Waals surface area (Å²) in [5.41, 5.74) is 2.76. The minimum Gasteiger partial charge on any atom is -0.389 e. The summed E-state index contributed by atoms with van der Waals surface area (Å²) in [6, 6.07) is 1.85. The van der Waals surface area contributed by atoms with Crippen molar-refractivity contribution in [3.8, 4) is 0 Å². The number of hydrogen-bond acceptors (Lipinski definition) is 5. The Morgan fingerprint density at radius 1 is 1.52 bits per heavy atom. The number of amides is 1. The second kappa shape index (κ2) is 6.19. The van der Waals surface area contributed by atoms with E-state index in [1.807, 2.05) is 19.9 Å². The van der Waals surface area contributed by atoms with Gasteiger partial charge in [0.2, 0.25) is 0 Å². The van der Waals surface area contributed by atoms with E-state index in [4.69, 9.17) is 4.74 Å². The minimum atomic E-state index is -0.715. The van der Waals surface area contributed by atoms with Gasteiger partial charge >= 0.3 is 0 Å². The molecule has 0 aliphatic rings. The second-order valence-electron chi connectivity index (χ2n) is 5.11. The third kappa shape index (κ3) is 3.20. The summed E-state index contributed by atoms with van der Waals surface area (Å²) in [4.78, 5) is 18.2. The summed E-state index contributed by atoms with van der Waals surface area (Å²) in [7, 11) is 3.15. The van der Waals surface area contributed by atoms with Crippen LogP contribution < -0.4 is 0 Å². The van der Waals surface area contributed by atoms with Crippen molar-refractivity contribution in [2.24, 2.45) is 0 Å². The first-order valence-electron chi connectivity index (χ1n) is 6.68. The van der Waals surface area contributed by atoms with Crippen LogP contribution in [0.1, 0.15) is 21.7 Å². The molecule has 7 nitrogen and oxygen atoms in total. The number of ether oxygens (including phenoxy) is 1. The molecule has 0 fully saturated rings. The Morgan fingerprint density at radius 3 is 2.90 bits per heavy atom. The van der Waals surface area contributed by atoms with Crippen LogP contribution in [-0.2, 0) is 4.74 Å². The highest BCUT2D eigenvalue weighted by Crippen LogP contribution is 2.13. The Balaban J connectivity index is 2.24. The van der Waals surface area contributed by atoms with Gasteiger partial charge in [-0.15, -0.1) is 0 Å². The summed E-state index contributed by atoms with van der Waals surface area (Å²) < 4.78 is 6.51. The van der Waals surface area contributed by atoms with Crippen molar-refractivity contribution in [3.05, 3.63) is 29.2 Å². The van der Waals surface area contributed by atoms with Crippen LogP contribution in [0.25, 0.3) is 5.65 Å². The number of rotatable bonds is 5. The Kier molecular flexibility index (Phi) is 4.54. The number of aromatic nitrogens is 3. The van der Waals surface area contributed by atoms with Crippen LogP contribution in [0, 0.1) is 13.8 Å². The highest BCUT2D eigenvalue weighted by Gasteiger charge is 2.19. The maximum Gasteiger partial charge on any atom is 0.257 e. The highest BCUT2D eigenvalue weighted by atomic mass is 16.5. The predicted octanol–water partition coefficient (Wildman–Crippen LogP) is 0.425. The molecule has 0 bridgehead atoms. The molecule has 2 aromatic heterocycles. The van der Waals surface area contributed by atoms with Crippen LogP contribution >= 0.6 is 0 Å². The molecular weight excluding hydrogens is 272 g/mol. The topological polar surface area (TPSA) is 80.0 Å². The zero-order valence-corrected chi connectivity index (χ0v) is 12.7. The van der Waals surface area contributed by atoms with Gasteiger partial charge in [0.15, 0.2) is 5.65 Å². The van der Waals surface area contributed by atoms with Gasteiger partial charge in [-0.2, -0.15) is 5.10 Å². The second-order valence-corrected chi connectivity index (χ2v) is 5.11. The van der Waals surface area contributed by atoms with E-state index in [9.17, 15) is 9.90 Å². The Morgan fingerprint density at radius 2 is 2.24 bits per heavy atom. The molecule has 0 aliphatic carbocycles. The fourth-order valence-corrected chi connectivity index (χ4v) is 2.22. The van der Waals surface area contributed by atoms with E-state index in [1.165, 1.54) is 12.0 Å². The normalized spacial score (nSPS) is 12.6.